The molecule has 0 spiro atoms. The molecule has 0 unspecified atom stereocenters. The van der Waals surface area contributed by atoms with Crippen LogP contribution in [0.4, 0.5) is 8.78 Å². The van der Waals surface area contributed by atoms with E-state index in [1.54, 1.807) is 0 Å². The third-order valence-corrected chi connectivity index (χ3v) is 1.15. The summed E-state index contributed by atoms with van der Waals surface area (Å²) < 4.78 is 27.6. The van der Waals surface area contributed by atoms with E-state index in [0.29, 0.717) is 5.70 Å². The Labute approximate surface area is 62.0 Å². The molecule has 0 aromatic heterocycles. The number of carbonyl (C=O) groups excluding carboxylic acids is 1. The summed E-state index contributed by atoms with van der Waals surface area (Å²) in [6.07, 6.45) is -1.24. The summed E-state index contributed by atoms with van der Waals surface area (Å²) in [5.41, 5.74) is 0.412. The zero-order valence-corrected chi connectivity index (χ0v) is 5.64. The molecule has 1 aliphatic heterocycles. The van der Waals surface area contributed by atoms with Crippen molar-refractivity contribution in [2.75, 3.05) is 13.2 Å². The molecule has 1 aliphatic rings. The van der Waals surface area contributed by atoms with Crippen LogP contribution in [0.15, 0.2) is 11.8 Å². The van der Waals surface area contributed by atoms with Crippen LogP contribution in [0.2, 0.25) is 0 Å². The fourth-order valence-corrected chi connectivity index (χ4v) is 0.685. The number of cyclic esters (lactones) is 1. The van der Waals surface area contributed by atoms with Crippen LogP contribution in [0.25, 0.3) is 0 Å². The highest BCUT2D eigenvalue weighted by molar-refractivity contribution is 5.85. The molecule has 3 nitrogen and oxygen atoms in total. The monoisotopic (exact) mass is 163 g/mol. The van der Waals surface area contributed by atoms with Crippen LogP contribution in [0, 0.1) is 0 Å². The molecule has 1 rings (SSSR count). The summed E-state index contributed by atoms with van der Waals surface area (Å²) in [4.78, 5) is 10.4. The van der Waals surface area contributed by atoms with E-state index in [9.17, 15) is 13.6 Å². The van der Waals surface area contributed by atoms with Crippen molar-refractivity contribution in [3.63, 3.8) is 0 Å². The van der Waals surface area contributed by atoms with E-state index in [2.05, 4.69) is 10.1 Å². The lowest BCUT2D eigenvalue weighted by Crippen LogP contribution is -2.21. The first-order valence-electron chi connectivity index (χ1n) is 3.08. The second-order valence-electron chi connectivity index (χ2n) is 2.05. The SMILES string of the molecule is O=C1C=C(NCC(F)F)CO1. The molecule has 0 aliphatic carbocycles. The van der Waals surface area contributed by atoms with Crippen molar-refractivity contribution in [3.8, 4) is 0 Å². The maximum atomic E-state index is 11.6. The van der Waals surface area contributed by atoms with E-state index in [4.69, 9.17) is 0 Å². The number of alkyl halides is 2. The molecule has 62 valence electrons. The molecule has 0 bridgehead atoms. The Hall–Kier alpha value is -1.13. The predicted octanol–water partition coefficient (Wildman–Crippen LogP) is 0.282. The Bertz CT molecular complexity index is 191. The standard InChI is InChI=1S/C6H7F2NO2/c7-5(8)2-9-4-1-6(10)11-3-4/h1,5,9H,2-3H2. The Morgan fingerprint density at radius 3 is 2.91 bits per heavy atom. The molecule has 0 atom stereocenters. The minimum absolute atomic E-state index is 0.0750. The van der Waals surface area contributed by atoms with Crippen LogP contribution >= 0.6 is 0 Å². The second-order valence-corrected chi connectivity index (χ2v) is 2.05. The topological polar surface area (TPSA) is 38.3 Å². The molecule has 0 aromatic carbocycles. The van der Waals surface area contributed by atoms with Crippen molar-refractivity contribution < 1.29 is 18.3 Å². The van der Waals surface area contributed by atoms with E-state index in [0.717, 1.165) is 0 Å². The Morgan fingerprint density at radius 2 is 2.45 bits per heavy atom. The number of rotatable bonds is 3. The highest BCUT2D eigenvalue weighted by Gasteiger charge is 2.13. The third kappa shape index (κ3) is 2.53. The highest BCUT2D eigenvalue weighted by atomic mass is 19.3. The minimum Gasteiger partial charge on any atom is -0.456 e. The first kappa shape index (κ1) is 7.97. The van der Waals surface area contributed by atoms with Gasteiger partial charge in [-0.25, -0.2) is 13.6 Å². The van der Waals surface area contributed by atoms with Crippen molar-refractivity contribution in [2.45, 2.75) is 6.43 Å². The average molecular weight is 163 g/mol. The molecule has 1 N–H and O–H groups in total. The number of carbonyl (C=O) groups is 1. The number of esters is 1. The quantitative estimate of drug-likeness (QED) is 0.607. The van der Waals surface area contributed by atoms with E-state index in [-0.39, 0.29) is 6.61 Å². The smallest absolute Gasteiger partial charge is 0.333 e. The summed E-state index contributed by atoms with van der Waals surface area (Å²) in [6.45, 7) is -0.367. The van der Waals surface area contributed by atoms with Gasteiger partial charge in [0.2, 0.25) is 0 Å². The van der Waals surface area contributed by atoms with Gasteiger partial charge in [-0.1, -0.05) is 0 Å². The van der Waals surface area contributed by atoms with Crippen LogP contribution < -0.4 is 5.32 Å². The molecule has 0 amide bonds. The van der Waals surface area contributed by atoms with Gasteiger partial charge in [0.05, 0.1) is 12.2 Å². The summed E-state index contributed by atoms with van der Waals surface area (Å²) in [7, 11) is 0. The molecule has 5 heteroatoms. The Morgan fingerprint density at radius 1 is 1.73 bits per heavy atom. The first-order chi connectivity index (χ1) is 5.18. The zero-order valence-electron chi connectivity index (χ0n) is 5.64. The van der Waals surface area contributed by atoms with Gasteiger partial charge in [0.15, 0.2) is 0 Å². The number of hydrogen-bond acceptors (Lipinski definition) is 3. The van der Waals surface area contributed by atoms with Gasteiger partial charge in [-0.2, -0.15) is 0 Å². The summed E-state index contributed by atoms with van der Waals surface area (Å²) in [6, 6.07) is 0. The Kier molecular flexibility index (Phi) is 2.40. The maximum absolute atomic E-state index is 11.6. The van der Waals surface area contributed by atoms with Crippen LogP contribution in [0.5, 0.6) is 0 Å². The number of nitrogens with one attached hydrogen (secondary N) is 1. The van der Waals surface area contributed by atoms with Crippen molar-refractivity contribution in [2.24, 2.45) is 0 Å². The minimum atomic E-state index is -2.41. The molecule has 11 heavy (non-hydrogen) atoms. The van der Waals surface area contributed by atoms with E-state index in [1.807, 2.05) is 0 Å². The molecule has 1 heterocycles. The lowest BCUT2D eigenvalue weighted by Gasteiger charge is -2.03. The molecule has 0 radical (unpaired) electrons. The van der Waals surface area contributed by atoms with Crippen LogP contribution in [-0.2, 0) is 9.53 Å². The second kappa shape index (κ2) is 3.32. The molecular weight excluding hydrogens is 156 g/mol. The van der Waals surface area contributed by atoms with E-state index in [1.165, 1.54) is 6.08 Å². The van der Waals surface area contributed by atoms with E-state index < -0.39 is 18.9 Å². The van der Waals surface area contributed by atoms with Crippen LogP contribution in [0.3, 0.4) is 0 Å². The normalized spacial score (nSPS) is 16.6. The lowest BCUT2D eigenvalue weighted by atomic mass is 10.4. The molecule has 0 aromatic rings. The summed E-state index contributed by atoms with van der Waals surface area (Å²) >= 11 is 0. The summed E-state index contributed by atoms with van der Waals surface area (Å²) in [5.74, 6) is -0.484. The molecule has 0 saturated carbocycles. The maximum Gasteiger partial charge on any atom is 0.333 e. The van der Waals surface area contributed by atoms with Gasteiger partial charge in [0.1, 0.15) is 6.61 Å². The number of halogens is 2. The highest BCUT2D eigenvalue weighted by Crippen LogP contribution is 2.02. The largest absolute Gasteiger partial charge is 0.456 e. The van der Waals surface area contributed by atoms with Crippen molar-refractivity contribution >= 4 is 5.97 Å². The van der Waals surface area contributed by atoms with Gasteiger partial charge < -0.3 is 10.1 Å². The van der Waals surface area contributed by atoms with Gasteiger partial charge in [-0.05, 0) is 0 Å². The summed E-state index contributed by atoms with van der Waals surface area (Å²) in [5, 5.41) is 2.38. The van der Waals surface area contributed by atoms with Gasteiger partial charge in [-0.3, -0.25) is 0 Å². The Balaban J connectivity index is 2.27. The zero-order chi connectivity index (χ0) is 8.27. The van der Waals surface area contributed by atoms with Gasteiger partial charge >= 0.3 is 5.97 Å². The third-order valence-electron chi connectivity index (χ3n) is 1.15. The van der Waals surface area contributed by atoms with Gasteiger partial charge in [-0.15, -0.1) is 0 Å². The fraction of sp³-hybridized carbons (Fsp3) is 0.500. The fourth-order valence-electron chi connectivity index (χ4n) is 0.685. The van der Waals surface area contributed by atoms with Crippen LogP contribution in [-0.4, -0.2) is 25.5 Å². The first-order valence-corrected chi connectivity index (χ1v) is 3.08. The van der Waals surface area contributed by atoms with Crippen molar-refractivity contribution in [1.82, 2.24) is 5.32 Å². The average Bonchev–Trinajstić information content (AvgIpc) is 2.31. The molecule has 0 fully saturated rings. The predicted molar refractivity (Wildman–Crippen MR) is 33.0 cm³/mol. The number of hydrogen-bond donors (Lipinski definition) is 1. The van der Waals surface area contributed by atoms with Crippen molar-refractivity contribution in [1.29, 1.82) is 0 Å². The van der Waals surface area contributed by atoms with E-state index >= 15 is 0 Å². The van der Waals surface area contributed by atoms with Crippen molar-refractivity contribution in [3.05, 3.63) is 11.8 Å². The van der Waals surface area contributed by atoms with Gasteiger partial charge in [0.25, 0.3) is 6.43 Å². The number of ether oxygens (including phenoxy) is 1. The molecule has 0 saturated heterocycles. The van der Waals surface area contributed by atoms with Crippen LogP contribution in [0.1, 0.15) is 0 Å². The lowest BCUT2D eigenvalue weighted by molar-refractivity contribution is -0.134. The molecular formula is C6H7F2NO2. The van der Waals surface area contributed by atoms with Gasteiger partial charge in [0, 0.05) is 6.08 Å².